The summed E-state index contributed by atoms with van der Waals surface area (Å²) in [5.74, 6) is -0.785. The predicted molar refractivity (Wildman–Crippen MR) is 125 cm³/mol. The van der Waals surface area contributed by atoms with Crippen molar-refractivity contribution in [2.45, 2.75) is 26.5 Å². The van der Waals surface area contributed by atoms with Gasteiger partial charge >= 0.3 is 5.97 Å². The number of methoxy groups -OCH3 is 1. The molecule has 0 aliphatic carbocycles. The van der Waals surface area contributed by atoms with Crippen molar-refractivity contribution < 1.29 is 33.0 Å². The summed E-state index contributed by atoms with van der Waals surface area (Å²) in [6.45, 7) is 3.37. The Hall–Kier alpha value is -2.85. The standard InChI is InChI=1S/C23H21BrFNO6S/c1-4-31-22(28)13(2)26-21(27)20(33-23(26)29)10-15-9-18(30-3)19(11-17(15)24)32-12-14-6-5-7-16(25)8-14/h5-11,13H,4,12H2,1-3H3/b20-10+/t13-/m1/s1. The van der Waals surface area contributed by atoms with Gasteiger partial charge in [-0.2, -0.15) is 0 Å². The lowest BCUT2D eigenvalue weighted by atomic mass is 10.1. The van der Waals surface area contributed by atoms with Gasteiger partial charge < -0.3 is 14.2 Å². The number of halogens is 2. The van der Waals surface area contributed by atoms with Crippen molar-refractivity contribution in [3.05, 3.63) is 62.7 Å². The molecule has 0 saturated carbocycles. The summed E-state index contributed by atoms with van der Waals surface area (Å²) in [7, 11) is 1.47. The van der Waals surface area contributed by atoms with Crippen molar-refractivity contribution in [2.75, 3.05) is 13.7 Å². The molecule has 1 aliphatic rings. The van der Waals surface area contributed by atoms with Crippen LogP contribution in [0.15, 0.2) is 45.8 Å². The summed E-state index contributed by atoms with van der Waals surface area (Å²) in [5, 5.41) is -0.551. The number of thioether (sulfide) groups is 1. The van der Waals surface area contributed by atoms with Crippen molar-refractivity contribution in [3.8, 4) is 11.5 Å². The Morgan fingerprint density at radius 1 is 1.24 bits per heavy atom. The second-order valence-electron chi connectivity index (χ2n) is 6.92. The summed E-state index contributed by atoms with van der Waals surface area (Å²) in [4.78, 5) is 38.2. The zero-order valence-corrected chi connectivity index (χ0v) is 20.5. The fourth-order valence-electron chi connectivity index (χ4n) is 3.04. The minimum atomic E-state index is -1.03. The van der Waals surface area contributed by atoms with Crippen molar-refractivity contribution in [1.82, 2.24) is 4.90 Å². The Balaban J connectivity index is 1.82. The molecule has 1 fully saturated rings. The lowest BCUT2D eigenvalue weighted by molar-refractivity contribution is -0.150. The molecular formula is C23H21BrFNO6S. The lowest BCUT2D eigenvalue weighted by Crippen LogP contribution is -2.42. The number of carbonyl (C=O) groups excluding carboxylic acids is 3. The van der Waals surface area contributed by atoms with E-state index >= 15 is 0 Å². The molecule has 1 aliphatic heterocycles. The first-order chi connectivity index (χ1) is 15.7. The van der Waals surface area contributed by atoms with Crippen LogP contribution in [0.2, 0.25) is 0 Å². The summed E-state index contributed by atoms with van der Waals surface area (Å²) in [6, 6.07) is 8.35. The van der Waals surface area contributed by atoms with Crippen LogP contribution in [0, 0.1) is 5.82 Å². The second-order valence-corrected chi connectivity index (χ2v) is 8.77. The van der Waals surface area contributed by atoms with E-state index in [2.05, 4.69) is 15.9 Å². The van der Waals surface area contributed by atoms with Crippen LogP contribution in [0.4, 0.5) is 9.18 Å². The highest BCUT2D eigenvalue weighted by atomic mass is 79.9. The van der Waals surface area contributed by atoms with Gasteiger partial charge in [0.2, 0.25) is 0 Å². The average Bonchev–Trinajstić information content (AvgIpc) is 3.06. The minimum absolute atomic E-state index is 0.130. The quantitative estimate of drug-likeness (QED) is 0.339. The van der Waals surface area contributed by atoms with E-state index in [0.717, 1.165) is 16.7 Å². The zero-order valence-electron chi connectivity index (χ0n) is 18.1. The maximum Gasteiger partial charge on any atom is 0.329 e. The second kappa shape index (κ2) is 10.8. The fourth-order valence-corrected chi connectivity index (χ4v) is 4.38. The smallest absolute Gasteiger partial charge is 0.329 e. The molecule has 0 aromatic heterocycles. The molecule has 2 amide bonds. The number of amides is 2. The minimum Gasteiger partial charge on any atom is -0.493 e. The maximum absolute atomic E-state index is 13.4. The first-order valence-electron chi connectivity index (χ1n) is 9.93. The molecule has 3 rings (SSSR count). The van der Waals surface area contributed by atoms with Gasteiger partial charge in [0.1, 0.15) is 18.5 Å². The van der Waals surface area contributed by atoms with E-state index in [9.17, 15) is 18.8 Å². The van der Waals surface area contributed by atoms with Crippen LogP contribution in [0.25, 0.3) is 6.08 Å². The summed E-state index contributed by atoms with van der Waals surface area (Å²) >= 11 is 4.18. The summed E-state index contributed by atoms with van der Waals surface area (Å²) in [5.41, 5.74) is 1.22. The third-order valence-electron chi connectivity index (χ3n) is 4.69. The molecule has 1 atom stereocenters. The Morgan fingerprint density at radius 2 is 2.00 bits per heavy atom. The van der Waals surface area contributed by atoms with E-state index < -0.39 is 23.2 Å². The summed E-state index contributed by atoms with van der Waals surface area (Å²) < 4.78 is 30.1. The molecule has 7 nitrogen and oxygen atoms in total. The van der Waals surface area contributed by atoms with E-state index in [1.807, 2.05) is 0 Å². The van der Waals surface area contributed by atoms with Crippen LogP contribution in [0.1, 0.15) is 25.0 Å². The molecular weight excluding hydrogens is 517 g/mol. The first-order valence-corrected chi connectivity index (χ1v) is 11.5. The molecule has 2 aromatic carbocycles. The Labute approximate surface area is 203 Å². The van der Waals surface area contributed by atoms with Gasteiger partial charge in [-0.15, -0.1) is 0 Å². The highest BCUT2D eigenvalue weighted by molar-refractivity contribution is 9.10. The average molecular weight is 538 g/mol. The van der Waals surface area contributed by atoms with E-state index in [4.69, 9.17) is 14.2 Å². The van der Waals surface area contributed by atoms with Crippen LogP contribution in [-0.4, -0.2) is 41.8 Å². The van der Waals surface area contributed by atoms with Crippen molar-refractivity contribution >= 4 is 50.9 Å². The molecule has 1 saturated heterocycles. The fraction of sp³-hybridized carbons (Fsp3) is 0.261. The number of esters is 1. The number of nitrogens with zero attached hydrogens (tertiary/aromatic N) is 1. The van der Waals surface area contributed by atoms with Crippen LogP contribution in [0.3, 0.4) is 0 Å². The zero-order chi connectivity index (χ0) is 24.1. The molecule has 0 N–H and O–H groups in total. The molecule has 10 heteroatoms. The van der Waals surface area contributed by atoms with Crippen molar-refractivity contribution in [1.29, 1.82) is 0 Å². The lowest BCUT2D eigenvalue weighted by Gasteiger charge is -2.19. The molecule has 2 aromatic rings. The first kappa shape index (κ1) is 24.8. The molecule has 0 unspecified atom stereocenters. The topological polar surface area (TPSA) is 82.1 Å². The molecule has 0 bridgehead atoms. The molecule has 33 heavy (non-hydrogen) atoms. The number of ether oxygens (including phenoxy) is 3. The molecule has 1 heterocycles. The van der Waals surface area contributed by atoms with Gasteiger partial charge in [-0.3, -0.25) is 14.5 Å². The maximum atomic E-state index is 13.4. The van der Waals surface area contributed by atoms with Gasteiger partial charge in [-0.1, -0.05) is 28.1 Å². The number of hydrogen-bond acceptors (Lipinski definition) is 7. The number of carbonyl (C=O) groups is 3. The number of imide groups is 1. The Bertz CT molecular complexity index is 1120. The van der Waals surface area contributed by atoms with Crippen LogP contribution in [-0.2, 0) is 20.9 Å². The van der Waals surface area contributed by atoms with E-state index in [0.29, 0.717) is 27.1 Å². The SMILES string of the molecule is CCOC(=O)[C@@H](C)N1C(=O)S/C(=C/c2cc(OC)c(OCc3cccc(F)c3)cc2Br)C1=O. The van der Waals surface area contributed by atoms with Gasteiger partial charge in [0.25, 0.3) is 11.1 Å². The highest BCUT2D eigenvalue weighted by Gasteiger charge is 2.41. The van der Waals surface area contributed by atoms with Crippen LogP contribution >= 0.6 is 27.7 Å². The van der Waals surface area contributed by atoms with Crippen molar-refractivity contribution in [3.63, 3.8) is 0 Å². The molecule has 0 radical (unpaired) electrons. The van der Waals surface area contributed by atoms with E-state index in [1.165, 1.54) is 32.2 Å². The Kier molecular flexibility index (Phi) is 8.15. The number of hydrogen-bond donors (Lipinski definition) is 0. The molecule has 174 valence electrons. The van der Waals surface area contributed by atoms with Gasteiger partial charge in [-0.05, 0) is 67.1 Å². The summed E-state index contributed by atoms with van der Waals surface area (Å²) in [6.07, 6.45) is 1.53. The van der Waals surface area contributed by atoms with Gasteiger partial charge in [0.05, 0.1) is 18.6 Å². The highest BCUT2D eigenvalue weighted by Crippen LogP contribution is 2.39. The van der Waals surface area contributed by atoms with Crippen LogP contribution in [0.5, 0.6) is 11.5 Å². The third kappa shape index (κ3) is 5.75. The predicted octanol–water partition coefficient (Wildman–Crippen LogP) is 5.16. The monoisotopic (exact) mass is 537 g/mol. The number of rotatable bonds is 8. The van der Waals surface area contributed by atoms with E-state index in [-0.39, 0.29) is 23.9 Å². The van der Waals surface area contributed by atoms with Gasteiger partial charge in [-0.25, -0.2) is 9.18 Å². The molecule has 0 spiro atoms. The van der Waals surface area contributed by atoms with Gasteiger partial charge in [0, 0.05) is 4.47 Å². The Morgan fingerprint density at radius 3 is 2.67 bits per heavy atom. The largest absolute Gasteiger partial charge is 0.493 e. The third-order valence-corrected chi connectivity index (χ3v) is 6.26. The van der Waals surface area contributed by atoms with Crippen molar-refractivity contribution in [2.24, 2.45) is 0 Å². The van der Waals surface area contributed by atoms with Crippen LogP contribution < -0.4 is 9.47 Å². The normalized spacial score (nSPS) is 15.7. The van der Waals surface area contributed by atoms with E-state index in [1.54, 1.807) is 31.2 Å². The van der Waals surface area contributed by atoms with Gasteiger partial charge in [0.15, 0.2) is 11.5 Å². The number of benzene rings is 2.